The Bertz CT molecular complexity index is 1470. The average Bonchev–Trinajstić information content (AvgIpc) is 3.43. The van der Waals surface area contributed by atoms with Crippen LogP contribution in [-0.4, -0.2) is 54.6 Å². The van der Waals surface area contributed by atoms with Gasteiger partial charge in [-0.3, -0.25) is 8.98 Å². The van der Waals surface area contributed by atoms with Gasteiger partial charge in [-0.05, 0) is 48.6 Å². The molecule has 3 heterocycles. The van der Waals surface area contributed by atoms with Crippen LogP contribution in [0.1, 0.15) is 50.8 Å². The number of carbonyl (C=O) groups is 1. The fourth-order valence-electron chi connectivity index (χ4n) is 5.01. The number of nitrogens with one attached hydrogen (secondary N) is 2. The summed E-state index contributed by atoms with van der Waals surface area (Å²) in [7, 11) is -4.10. The number of aliphatic hydroxyl groups is 1. The van der Waals surface area contributed by atoms with Crippen LogP contribution in [0.2, 0.25) is 4.34 Å². The lowest BCUT2D eigenvalue weighted by atomic mass is 9.91. The number of rotatable bonds is 8. The Morgan fingerprint density at radius 3 is 2.92 bits per heavy atom. The molecule has 4 atom stereocenters. The molecule has 2 aliphatic rings. The first-order chi connectivity index (χ1) is 18.1. The van der Waals surface area contributed by atoms with E-state index < -0.39 is 22.3 Å². The predicted octanol–water partition coefficient (Wildman–Crippen LogP) is 3.19. The van der Waals surface area contributed by atoms with Crippen LogP contribution in [0.15, 0.2) is 41.3 Å². The monoisotopic (exact) mass is 641 g/mol. The van der Waals surface area contributed by atoms with Gasteiger partial charge >= 0.3 is 10.3 Å². The number of anilines is 1. The Morgan fingerprint density at radius 2 is 2.13 bits per heavy atom. The van der Waals surface area contributed by atoms with Crippen LogP contribution < -0.4 is 15.8 Å². The molecule has 1 aliphatic heterocycles. The number of benzene rings is 1. The number of aromatic nitrogens is 2. The van der Waals surface area contributed by atoms with Gasteiger partial charge in [0.1, 0.15) is 12.1 Å². The van der Waals surface area contributed by atoms with Gasteiger partial charge in [0.25, 0.3) is 0 Å². The van der Waals surface area contributed by atoms with Crippen molar-refractivity contribution in [1.82, 2.24) is 15.3 Å². The molecule has 1 saturated carbocycles. The maximum Gasteiger partial charge on any atom is 0.333 e. The van der Waals surface area contributed by atoms with Crippen LogP contribution in [0.25, 0.3) is 0 Å². The molecule has 0 saturated heterocycles. The summed E-state index contributed by atoms with van der Waals surface area (Å²) in [4.78, 5) is 22.3. The molecule has 3 aromatic rings. The fourth-order valence-corrected chi connectivity index (χ4v) is 7.04. The number of nitrogens with two attached hydrogens (primary N) is 1. The molecule has 0 unspecified atom stereocenters. The first kappa shape index (κ1) is 27.6. The number of aliphatic hydroxyl groups excluding tert-OH is 1. The summed E-state index contributed by atoms with van der Waals surface area (Å²) in [6, 6.07) is 7.62. The Morgan fingerprint density at radius 1 is 1.32 bits per heavy atom. The minimum atomic E-state index is -4.10. The molecule has 0 radical (unpaired) electrons. The molecule has 10 nitrogen and oxygen atoms in total. The molecule has 1 fully saturated rings. The van der Waals surface area contributed by atoms with Gasteiger partial charge in [0.2, 0.25) is 5.78 Å². The third-order valence-corrected chi connectivity index (χ3v) is 9.16. The van der Waals surface area contributed by atoms with E-state index in [2.05, 4.69) is 52.8 Å². The van der Waals surface area contributed by atoms with Gasteiger partial charge in [0.15, 0.2) is 0 Å². The molecule has 1 aliphatic carbocycles. The number of hydrogen-bond donors (Lipinski definition) is 4. The normalized spacial score (nSPS) is 23.3. The Hall–Kier alpha value is -1.97. The van der Waals surface area contributed by atoms with Crippen molar-refractivity contribution >= 4 is 60.8 Å². The van der Waals surface area contributed by atoms with E-state index in [-0.39, 0.29) is 30.0 Å². The summed E-state index contributed by atoms with van der Waals surface area (Å²) >= 11 is 11.4. The lowest BCUT2D eigenvalue weighted by molar-refractivity contribution is 0.101. The number of carbonyl (C=O) groups excluding carboxylic acids is 1. The van der Waals surface area contributed by atoms with Crippen LogP contribution >= 0.6 is 38.9 Å². The van der Waals surface area contributed by atoms with Gasteiger partial charge in [-0.25, -0.2) is 15.1 Å². The highest BCUT2D eigenvalue weighted by atomic mass is 79.9. The van der Waals surface area contributed by atoms with E-state index in [0.717, 1.165) is 28.6 Å². The lowest BCUT2D eigenvalue weighted by Gasteiger charge is -2.27. The summed E-state index contributed by atoms with van der Waals surface area (Å²) in [5.41, 5.74) is 3.47. The SMILES string of the molecule is NS(=O)(=O)OC[C@H]1C[C@@H](Nc2ncncc2C(=O)c2cc([C@H]3NCCc4ccc(Br)cc43)c(Cl)s2)C[C@@H]1O. The smallest absolute Gasteiger partial charge is 0.333 e. The Labute approximate surface area is 237 Å². The Kier molecular flexibility index (Phi) is 8.17. The van der Waals surface area contributed by atoms with Crippen molar-refractivity contribution in [3.8, 4) is 0 Å². The minimum Gasteiger partial charge on any atom is -0.393 e. The molecule has 0 spiro atoms. The quantitative estimate of drug-likeness (QED) is 0.271. The van der Waals surface area contributed by atoms with Gasteiger partial charge in [-0.2, -0.15) is 8.42 Å². The number of hydrogen-bond acceptors (Lipinski definition) is 10. The largest absolute Gasteiger partial charge is 0.393 e. The molecule has 2 aromatic heterocycles. The van der Waals surface area contributed by atoms with Crippen LogP contribution in [0.5, 0.6) is 0 Å². The summed E-state index contributed by atoms with van der Waals surface area (Å²) in [5, 5.41) is 22.0. The van der Waals surface area contributed by atoms with Gasteiger partial charge in [0.05, 0.1) is 33.5 Å². The van der Waals surface area contributed by atoms with Gasteiger partial charge in [-0.1, -0.05) is 33.6 Å². The summed E-state index contributed by atoms with van der Waals surface area (Å²) in [5.74, 6) is -0.382. The standard InChI is InChI=1S/C24H25BrClN5O5S2/c25-14-2-1-12-3-4-29-21(16(12)6-14)17-8-20(37-23(17)26)22(33)18-9-28-11-30-24(18)31-15-5-13(19(32)7-15)10-36-38(27,34)35/h1-2,6,8-9,11,13,15,19,21,29,32H,3-5,7,10H2,(H2,27,34,35)(H,28,30,31)/t13-,15-,19+,21+/m1/s1. The highest BCUT2D eigenvalue weighted by Gasteiger charge is 2.35. The molecule has 0 amide bonds. The van der Waals surface area contributed by atoms with E-state index in [4.69, 9.17) is 16.7 Å². The van der Waals surface area contributed by atoms with E-state index >= 15 is 0 Å². The second-order valence-corrected chi connectivity index (χ2v) is 13.1. The molecular weight excluding hydrogens is 618 g/mol. The fraction of sp³-hybridized carbons (Fsp3) is 0.375. The van der Waals surface area contributed by atoms with Crippen molar-refractivity contribution in [1.29, 1.82) is 0 Å². The van der Waals surface area contributed by atoms with Crippen molar-refractivity contribution in [3.05, 3.63) is 72.7 Å². The number of thiophene rings is 1. The van der Waals surface area contributed by atoms with Gasteiger partial charge in [0, 0.05) is 34.7 Å². The molecule has 202 valence electrons. The van der Waals surface area contributed by atoms with Crippen LogP contribution in [0.4, 0.5) is 5.82 Å². The van der Waals surface area contributed by atoms with E-state index in [1.807, 2.05) is 12.1 Å². The second kappa shape index (κ2) is 11.3. The van der Waals surface area contributed by atoms with Crippen molar-refractivity contribution in [3.63, 3.8) is 0 Å². The second-order valence-electron chi connectivity index (χ2n) is 9.35. The number of halogens is 2. The molecule has 38 heavy (non-hydrogen) atoms. The van der Waals surface area contributed by atoms with Crippen LogP contribution in [-0.2, 0) is 20.9 Å². The highest BCUT2D eigenvalue weighted by Crippen LogP contribution is 2.39. The molecule has 5 rings (SSSR count). The number of fused-ring (bicyclic) bond motifs is 1. The summed E-state index contributed by atoms with van der Waals surface area (Å²) in [6.07, 6.45) is 3.63. The average molecular weight is 643 g/mol. The van der Waals surface area contributed by atoms with E-state index in [1.54, 1.807) is 0 Å². The molecular formula is C24H25BrClN5O5S2. The zero-order valence-corrected chi connectivity index (χ0v) is 23.9. The topological polar surface area (TPSA) is 157 Å². The van der Waals surface area contributed by atoms with E-state index in [0.29, 0.717) is 27.9 Å². The van der Waals surface area contributed by atoms with E-state index in [1.165, 1.54) is 29.4 Å². The maximum absolute atomic E-state index is 13.6. The zero-order chi connectivity index (χ0) is 27.0. The van der Waals surface area contributed by atoms with E-state index in [9.17, 15) is 18.3 Å². The van der Waals surface area contributed by atoms with Crippen molar-refractivity contribution < 1.29 is 22.5 Å². The van der Waals surface area contributed by atoms with Gasteiger partial charge in [-0.15, -0.1) is 11.3 Å². The summed E-state index contributed by atoms with van der Waals surface area (Å²) < 4.78 is 28.4. The van der Waals surface area contributed by atoms with Crippen LogP contribution in [0, 0.1) is 5.92 Å². The molecule has 0 bridgehead atoms. The Balaban J connectivity index is 1.35. The van der Waals surface area contributed by atoms with Crippen molar-refractivity contribution in [2.75, 3.05) is 18.5 Å². The van der Waals surface area contributed by atoms with Crippen LogP contribution in [0.3, 0.4) is 0 Å². The lowest BCUT2D eigenvalue weighted by Crippen LogP contribution is -2.30. The first-order valence-corrected chi connectivity index (χ1v) is 15.3. The van der Waals surface area contributed by atoms with Crippen molar-refractivity contribution in [2.24, 2.45) is 11.1 Å². The molecule has 1 aromatic carbocycles. The number of ketones is 1. The highest BCUT2D eigenvalue weighted by molar-refractivity contribution is 9.10. The summed E-state index contributed by atoms with van der Waals surface area (Å²) in [6.45, 7) is 0.574. The minimum absolute atomic E-state index is 0.136. The number of nitrogens with zero attached hydrogens (tertiary/aromatic N) is 2. The van der Waals surface area contributed by atoms with Crippen molar-refractivity contribution in [2.45, 2.75) is 37.5 Å². The molecule has 5 N–H and O–H groups in total. The first-order valence-electron chi connectivity index (χ1n) is 11.9. The maximum atomic E-state index is 13.6. The third kappa shape index (κ3) is 6.10. The molecule has 14 heteroatoms. The predicted molar refractivity (Wildman–Crippen MR) is 148 cm³/mol. The van der Waals surface area contributed by atoms with Gasteiger partial charge < -0.3 is 15.7 Å². The zero-order valence-electron chi connectivity index (χ0n) is 19.9. The third-order valence-electron chi connectivity index (χ3n) is 6.81.